The van der Waals surface area contributed by atoms with Crippen LogP contribution in [0.5, 0.6) is 0 Å². The molecule has 2 aromatic carbocycles. The Morgan fingerprint density at radius 3 is 2.19 bits per heavy atom. The van der Waals surface area contributed by atoms with Crippen molar-refractivity contribution in [2.75, 3.05) is 48.3 Å². The Morgan fingerprint density at radius 1 is 0.839 bits per heavy atom. The van der Waals surface area contributed by atoms with E-state index in [1.54, 1.807) is 6.07 Å². The third-order valence-electron chi connectivity index (χ3n) is 6.24. The van der Waals surface area contributed by atoms with Crippen LogP contribution in [0.25, 0.3) is 0 Å². The first kappa shape index (κ1) is 21.6. The Balaban J connectivity index is 1.31. The molecule has 0 aromatic heterocycles. The number of halogens is 1. The topological polar surface area (TPSA) is 47.6 Å². The van der Waals surface area contributed by atoms with E-state index in [1.165, 1.54) is 31.7 Å². The van der Waals surface area contributed by atoms with Crippen molar-refractivity contribution >= 4 is 23.0 Å². The lowest BCUT2D eigenvalue weighted by molar-refractivity contribution is -0.117. The molecular formula is C25H33FN4O. The predicted molar refractivity (Wildman–Crippen MR) is 125 cm³/mol. The van der Waals surface area contributed by atoms with Crippen LogP contribution in [0.1, 0.15) is 44.1 Å². The van der Waals surface area contributed by atoms with Gasteiger partial charge in [-0.15, -0.1) is 0 Å². The maximum absolute atomic E-state index is 14.5. The van der Waals surface area contributed by atoms with Crippen LogP contribution < -0.4 is 15.5 Å². The average molecular weight is 425 g/mol. The minimum absolute atomic E-state index is 0.0317. The summed E-state index contributed by atoms with van der Waals surface area (Å²) in [5, 5.41) is 6.32. The molecule has 4 rings (SSSR count). The first-order chi connectivity index (χ1) is 15.2. The highest BCUT2D eigenvalue weighted by Crippen LogP contribution is 2.27. The molecule has 31 heavy (non-hydrogen) atoms. The zero-order chi connectivity index (χ0) is 21.5. The Hall–Kier alpha value is -2.60. The molecule has 2 fully saturated rings. The zero-order valence-corrected chi connectivity index (χ0v) is 18.2. The molecule has 0 saturated carbocycles. The number of nitrogens with one attached hydrogen (secondary N) is 2. The normalized spacial score (nSPS) is 17.4. The van der Waals surface area contributed by atoms with Gasteiger partial charge in [-0.2, -0.15) is 0 Å². The Labute approximate surface area is 184 Å². The van der Waals surface area contributed by atoms with Crippen molar-refractivity contribution in [3.05, 3.63) is 53.8 Å². The van der Waals surface area contributed by atoms with Crippen LogP contribution in [0.15, 0.2) is 42.5 Å². The number of nitrogens with zero attached hydrogens (tertiary/aromatic N) is 2. The van der Waals surface area contributed by atoms with Gasteiger partial charge in [-0.1, -0.05) is 18.9 Å². The van der Waals surface area contributed by atoms with Crippen molar-refractivity contribution in [2.45, 2.75) is 45.1 Å². The Morgan fingerprint density at radius 2 is 1.48 bits per heavy atom. The van der Waals surface area contributed by atoms with E-state index >= 15 is 0 Å². The number of benzene rings is 2. The molecule has 0 spiro atoms. The Bertz CT molecular complexity index is 856. The van der Waals surface area contributed by atoms with Crippen molar-refractivity contribution < 1.29 is 9.18 Å². The van der Waals surface area contributed by atoms with E-state index in [-0.39, 0.29) is 11.7 Å². The van der Waals surface area contributed by atoms with E-state index in [0.29, 0.717) is 18.7 Å². The lowest BCUT2D eigenvalue weighted by atomic mass is 10.1. The number of hydrogen-bond donors (Lipinski definition) is 2. The van der Waals surface area contributed by atoms with Gasteiger partial charge in [0.25, 0.3) is 0 Å². The number of anilines is 3. The highest BCUT2D eigenvalue weighted by molar-refractivity contribution is 5.92. The van der Waals surface area contributed by atoms with E-state index in [2.05, 4.69) is 20.4 Å². The molecule has 2 saturated heterocycles. The molecule has 2 aliphatic rings. The fourth-order valence-electron chi connectivity index (χ4n) is 4.54. The third kappa shape index (κ3) is 5.97. The lowest BCUT2D eigenvalue weighted by Gasteiger charge is -2.22. The van der Waals surface area contributed by atoms with Gasteiger partial charge < -0.3 is 15.5 Å². The van der Waals surface area contributed by atoms with Crippen molar-refractivity contribution in [1.82, 2.24) is 4.90 Å². The molecule has 0 aliphatic carbocycles. The predicted octanol–water partition coefficient (Wildman–Crippen LogP) is 4.85. The SMILES string of the molecule is O=C(CN1CCCCCC1)Nc1ccc(NCc2c(F)cccc2N2CCCC2)cc1. The van der Waals surface area contributed by atoms with Crippen LogP contribution >= 0.6 is 0 Å². The first-order valence-corrected chi connectivity index (χ1v) is 11.6. The molecule has 0 radical (unpaired) electrons. The van der Waals surface area contributed by atoms with Gasteiger partial charge in [0.1, 0.15) is 5.82 Å². The summed E-state index contributed by atoms with van der Waals surface area (Å²) in [6, 6.07) is 13.0. The summed E-state index contributed by atoms with van der Waals surface area (Å²) in [6.45, 7) is 4.87. The highest BCUT2D eigenvalue weighted by atomic mass is 19.1. The fraction of sp³-hybridized carbons (Fsp3) is 0.480. The summed E-state index contributed by atoms with van der Waals surface area (Å²) >= 11 is 0. The molecule has 2 N–H and O–H groups in total. The number of carbonyl (C=O) groups excluding carboxylic acids is 1. The van der Waals surface area contributed by atoms with E-state index in [1.807, 2.05) is 30.3 Å². The smallest absolute Gasteiger partial charge is 0.238 e. The monoisotopic (exact) mass is 424 g/mol. The second kappa shape index (κ2) is 10.6. The molecule has 0 atom stereocenters. The zero-order valence-electron chi connectivity index (χ0n) is 18.2. The molecule has 2 aromatic rings. The number of carbonyl (C=O) groups is 1. The van der Waals surface area contributed by atoms with E-state index < -0.39 is 0 Å². The van der Waals surface area contributed by atoms with Crippen LogP contribution in [0.4, 0.5) is 21.5 Å². The molecule has 166 valence electrons. The van der Waals surface area contributed by atoms with Crippen LogP contribution in [0.3, 0.4) is 0 Å². The van der Waals surface area contributed by atoms with Gasteiger partial charge >= 0.3 is 0 Å². The number of amides is 1. The molecule has 0 unspecified atom stereocenters. The standard InChI is InChI=1S/C25H33FN4O/c26-23-8-7-9-24(30-16-5-6-17-30)22(23)18-27-20-10-12-21(13-11-20)28-25(31)19-29-14-3-1-2-4-15-29/h7-13,27H,1-6,14-19H2,(H,28,31). The van der Waals surface area contributed by atoms with Crippen molar-refractivity contribution in [2.24, 2.45) is 0 Å². The summed E-state index contributed by atoms with van der Waals surface area (Å²) in [7, 11) is 0. The number of likely N-dealkylation sites (tertiary alicyclic amines) is 1. The van der Waals surface area contributed by atoms with Gasteiger partial charge in [-0.3, -0.25) is 9.69 Å². The van der Waals surface area contributed by atoms with Crippen molar-refractivity contribution in [1.29, 1.82) is 0 Å². The fourth-order valence-corrected chi connectivity index (χ4v) is 4.54. The van der Waals surface area contributed by atoms with E-state index in [4.69, 9.17) is 0 Å². The van der Waals surface area contributed by atoms with Crippen LogP contribution in [-0.2, 0) is 11.3 Å². The van der Waals surface area contributed by atoms with E-state index in [0.717, 1.165) is 56.1 Å². The summed E-state index contributed by atoms with van der Waals surface area (Å²) in [4.78, 5) is 16.9. The quantitative estimate of drug-likeness (QED) is 0.667. The van der Waals surface area contributed by atoms with Crippen LogP contribution in [0.2, 0.25) is 0 Å². The van der Waals surface area contributed by atoms with Gasteiger partial charge in [-0.25, -0.2) is 4.39 Å². The highest BCUT2D eigenvalue weighted by Gasteiger charge is 2.18. The summed E-state index contributed by atoms with van der Waals surface area (Å²) in [6.07, 6.45) is 7.20. The third-order valence-corrected chi connectivity index (χ3v) is 6.24. The second-order valence-electron chi connectivity index (χ2n) is 8.60. The van der Waals surface area contributed by atoms with Gasteiger partial charge in [0, 0.05) is 42.3 Å². The average Bonchev–Trinajstić information content (AvgIpc) is 3.19. The minimum Gasteiger partial charge on any atom is -0.381 e. The molecular weight excluding hydrogens is 391 g/mol. The number of rotatable bonds is 7. The first-order valence-electron chi connectivity index (χ1n) is 11.6. The minimum atomic E-state index is -0.172. The number of hydrogen-bond acceptors (Lipinski definition) is 4. The molecule has 2 heterocycles. The summed E-state index contributed by atoms with van der Waals surface area (Å²) < 4.78 is 14.5. The molecule has 5 nitrogen and oxygen atoms in total. The molecule has 1 amide bonds. The van der Waals surface area contributed by atoms with Crippen LogP contribution in [0, 0.1) is 5.82 Å². The lowest BCUT2D eigenvalue weighted by Crippen LogP contribution is -2.33. The van der Waals surface area contributed by atoms with Crippen molar-refractivity contribution in [3.63, 3.8) is 0 Å². The van der Waals surface area contributed by atoms with E-state index in [9.17, 15) is 9.18 Å². The van der Waals surface area contributed by atoms with Crippen LogP contribution in [-0.4, -0.2) is 43.5 Å². The maximum atomic E-state index is 14.5. The summed E-state index contributed by atoms with van der Waals surface area (Å²) in [5.74, 6) is -0.140. The maximum Gasteiger partial charge on any atom is 0.238 e. The molecule has 2 aliphatic heterocycles. The van der Waals surface area contributed by atoms with Gasteiger partial charge in [0.2, 0.25) is 5.91 Å². The molecule has 6 heteroatoms. The van der Waals surface area contributed by atoms with Gasteiger partial charge in [-0.05, 0) is 75.2 Å². The largest absolute Gasteiger partial charge is 0.381 e. The molecule has 0 bridgehead atoms. The van der Waals surface area contributed by atoms with Gasteiger partial charge in [0.15, 0.2) is 0 Å². The van der Waals surface area contributed by atoms with Crippen molar-refractivity contribution in [3.8, 4) is 0 Å². The van der Waals surface area contributed by atoms with Gasteiger partial charge in [0.05, 0.1) is 6.54 Å². The Kier molecular flexibility index (Phi) is 7.41. The summed E-state index contributed by atoms with van der Waals surface area (Å²) in [5.41, 5.74) is 3.39. The second-order valence-corrected chi connectivity index (χ2v) is 8.60.